The molecule has 0 aromatic rings. The van der Waals surface area contributed by atoms with Gasteiger partial charge >= 0.3 is 5.97 Å². The first-order valence-corrected chi connectivity index (χ1v) is 7.96. The van der Waals surface area contributed by atoms with Gasteiger partial charge in [0.25, 0.3) is 0 Å². The molecule has 0 amide bonds. The van der Waals surface area contributed by atoms with Gasteiger partial charge in [-0.1, -0.05) is 13.3 Å². The standard InChI is InChI=1S/C17H26N2O3/c1-3-4-11-22-17(20)16(13-18)14-7-5-8-15(12-14)19-9-6-10-21-2/h12,19H,3-11H2,1-2H3/b16-14-. The number of rotatable bonds is 9. The van der Waals surface area contributed by atoms with E-state index >= 15 is 0 Å². The number of nitrogens with one attached hydrogen (secondary N) is 1. The predicted octanol–water partition coefficient (Wildman–Crippen LogP) is 2.84. The zero-order valence-corrected chi connectivity index (χ0v) is 13.6. The molecular weight excluding hydrogens is 280 g/mol. The van der Waals surface area contributed by atoms with Crippen LogP contribution in [0.15, 0.2) is 22.9 Å². The van der Waals surface area contributed by atoms with Crippen LogP contribution in [0.4, 0.5) is 0 Å². The van der Waals surface area contributed by atoms with E-state index in [1.807, 2.05) is 19.1 Å². The van der Waals surface area contributed by atoms with E-state index in [2.05, 4.69) is 5.32 Å². The van der Waals surface area contributed by atoms with E-state index in [4.69, 9.17) is 9.47 Å². The van der Waals surface area contributed by atoms with Crippen molar-refractivity contribution >= 4 is 5.97 Å². The molecule has 0 saturated carbocycles. The largest absolute Gasteiger partial charge is 0.462 e. The Hall–Kier alpha value is -1.80. The van der Waals surface area contributed by atoms with Gasteiger partial charge in [-0.25, -0.2) is 4.79 Å². The molecule has 0 aromatic carbocycles. The second-order valence-electron chi connectivity index (χ2n) is 5.30. The highest BCUT2D eigenvalue weighted by Crippen LogP contribution is 2.24. The zero-order chi connectivity index (χ0) is 16.2. The Labute approximate surface area is 133 Å². The number of unbranched alkanes of at least 4 members (excludes halogenated alkanes) is 1. The van der Waals surface area contributed by atoms with Crippen LogP contribution in [-0.2, 0) is 14.3 Å². The fourth-order valence-corrected chi connectivity index (χ4v) is 2.26. The molecule has 122 valence electrons. The Kier molecular flexibility index (Phi) is 9.01. The van der Waals surface area contributed by atoms with E-state index in [0.29, 0.717) is 6.61 Å². The first kappa shape index (κ1) is 18.2. The van der Waals surface area contributed by atoms with Crippen molar-refractivity contribution < 1.29 is 14.3 Å². The minimum atomic E-state index is -0.497. The van der Waals surface area contributed by atoms with Crippen molar-refractivity contribution in [1.82, 2.24) is 5.32 Å². The number of methoxy groups -OCH3 is 1. The third-order valence-electron chi connectivity index (χ3n) is 3.49. The average Bonchev–Trinajstić information content (AvgIpc) is 2.53. The van der Waals surface area contributed by atoms with Crippen molar-refractivity contribution in [3.05, 3.63) is 22.9 Å². The van der Waals surface area contributed by atoms with Gasteiger partial charge < -0.3 is 14.8 Å². The summed E-state index contributed by atoms with van der Waals surface area (Å²) in [5.74, 6) is -0.497. The number of allylic oxidation sites excluding steroid dienone is 3. The molecule has 0 spiro atoms. The first-order valence-electron chi connectivity index (χ1n) is 7.96. The summed E-state index contributed by atoms with van der Waals surface area (Å²) in [7, 11) is 1.68. The van der Waals surface area contributed by atoms with E-state index in [1.165, 1.54) is 0 Å². The normalized spacial score (nSPS) is 16.5. The quantitative estimate of drug-likeness (QED) is 0.307. The molecule has 1 rings (SSSR count). The van der Waals surface area contributed by atoms with Crippen LogP contribution < -0.4 is 5.32 Å². The van der Waals surface area contributed by atoms with Crippen molar-refractivity contribution in [1.29, 1.82) is 5.26 Å². The number of carbonyl (C=O) groups excluding carboxylic acids is 1. The molecule has 1 aliphatic rings. The van der Waals surface area contributed by atoms with Gasteiger partial charge in [-0.05, 0) is 43.8 Å². The first-order chi connectivity index (χ1) is 10.7. The van der Waals surface area contributed by atoms with Gasteiger partial charge in [0.05, 0.1) is 6.61 Å². The number of esters is 1. The van der Waals surface area contributed by atoms with Gasteiger partial charge in [0.15, 0.2) is 0 Å². The lowest BCUT2D eigenvalue weighted by molar-refractivity contribution is -0.138. The number of ether oxygens (including phenoxy) is 2. The summed E-state index contributed by atoms with van der Waals surface area (Å²) >= 11 is 0. The highest BCUT2D eigenvalue weighted by Gasteiger charge is 2.18. The molecule has 0 atom stereocenters. The molecule has 0 saturated heterocycles. The molecule has 0 heterocycles. The van der Waals surface area contributed by atoms with Gasteiger partial charge in [0.2, 0.25) is 0 Å². The molecule has 0 bridgehead atoms. The summed E-state index contributed by atoms with van der Waals surface area (Å²) < 4.78 is 10.2. The Morgan fingerprint density at radius 1 is 1.36 bits per heavy atom. The van der Waals surface area contributed by atoms with E-state index in [0.717, 1.165) is 62.9 Å². The number of hydrogen-bond acceptors (Lipinski definition) is 5. The van der Waals surface area contributed by atoms with Gasteiger partial charge in [-0.2, -0.15) is 5.26 Å². The van der Waals surface area contributed by atoms with Crippen LogP contribution in [0, 0.1) is 11.3 Å². The summed E-state index contributed by atoms with van der Waals surface area (Å²) in [4.78, 5) is 12.0. The van der Waals surface area contributed by atoms with Crippen molar-refractivity contribution in [2.45, 2.75) is 45.4 Å². The van der Waals surface area contributed by atoms with Crippen LogP contribution in [0.5, 0.6) is 0 Å². The van der Waals surface area contributed by atoms with E-state index < -0.39 is 5.97 Å². The number of hydrogen-bond donors (Lipinski definition) is 1. The van der Waals surface area contributed by atoms with Gasteiger partial charge in [-0.15, -0.1) is 0 Å². The summed E-state index contributed by atoms with van der Waals surface area (Å²) in [6.07, 6.45) is 7.26. The van der Waals surface area contributed by atoms with Crippen molar-refractivity contribution in [2.75, 3.05) is 26.9 Å². The zero-order valence-electron chi connectivity index (χ0n) is 13.6. The van der Waals surface area contributed by atoms with Crippen LogP contribution >= 0.6 is 0 Å². The van der Waals surface area contributed by atoms with E-state index in [1.54, 1.807) is 7.11 Å². The second kappa shape index (κ2) is 10.9. The van der Waals surface area contributed by atoms with E-state index in [9.17, 15) is 10.1 Å². The number of nitrogens with zero attached hydrogens (tertiary/aromatic N) is 1. The van der Waals surface area contributed by atoms with Crippen LogP contribution in [0.1, 0.15) is 45.4 Å². The lowest BCUT2D eigenvalue weighted by Crippen LogP contribution is -2.19. The molecule has 22 heavy (non-hydrogen) atoms. The number of nitriles is 1. The van der Waals surface area contributed by atoms with Crippen LogP contribution in [0.3, 0.4) is 0 Å². The van der Waals surface area contributed by atoms with Crippen molar-refractivity contribution in [3.8, 4) is 6.07 Å². The minimum absolute atomic E-state index is 0.145. The molecule has 0 radical (unpaired) electrons. The molecular formula is C17H26N2O3. The van der Waals surface area contributed by atoms with Crippen molar-refractivity contribution in [2.24, 2.45) is 0 Å². The second-order valence-corrected chi connectivity index (χ2v) is 5.30. The van der Waals surface area contributed by atoms with Gasteiger partial charge in [0.1, 0.15) is 11.6 Å². The summed E-state index contributed by atoms with van der Waals surface area (Å²) in [5, 5.41) is 12.6. The predicted molar refractivity (Wildman–Crippen MR) is 84.9 cm³/mol. The summed E-state index contributed by atoms with van der Waals surface area (Å²) in [5.41, 5.74) is 2.00. The molecule has 5 heteroatoms. The maximum atomic E-state index is 12.0. The Morgan fingerprint density at radius 3 is 2.86 bits per heavy atom. The minimum Gasteiger partial charge on any atom is -0.462 e. The smallest absolute Gasteiger partial charge is 0.349 e. The van der Waals surface area contributed by atoms with Crippen molar-refractivity contribution in [3.63, 3.8) is 0 Å². The van der Waals surface area contributed by atoms with Crippen LogP contribution in [0.2, 0.25) is 0 Å². The Bertz CT molecular complexity index is 461. The van der Waals surface area contributed by atoms with Gasteiger partial charge in [-0.3, -0.25) is 0 Å². The topological polar surface area (TPSA) is 71.4 Å². The van der Waals surface area contributed by atoms with Crippen LogP contribution in [-0.4, -0.2) is 32.8 Å². The molecule has 0 aliphatic heterocycles. The lowest BCUT2D eigenvalue weighted by Gasteiger charge is -2.18. The third kappa shape index (κ3) is 6.31. The number of carbonyl (C=O) groups is 1. The Morgan fingerprint density at radius 2 is 2.18 bits per heavy atom. The Balaban J connectivity index is 2.68. The lowest BCUT2D eigenvalue weighted by atomic mass is 9.95. The average molecular weight is 306 g/mol. The fraction of sp³-hybridized carbons (Fsp3) is 0.647. The summed E-state index contributed by atoms with van der Waals surface area (Å²) in [6.45, 7) is 3.95. The molecule has 5 nitrogen and oxygen atoms in total. The third-order valence-corrected chi connectivity index (χ3v) is 3.49. The summed E-state index contributed by atoms with van der Waals surface area (Å²) in [6, 6.07) is 2.01. The monoisotopic (exact) mass is 306 g/mol. The highest BCUT2D eigenvalue weighted by molar-refractivity contribution is 5.94. The fourth-order valence-electron chi connectivity index (χ4n) is 2.26. The molecule has 0 aromatic heterocycles. The molecule has 1 N–H and O–H groups in total. The van der Waals surface area contributed by atoms with Gasteiger partial charge in [0, 0.05) is 26.0 Å². The molecule has 0 unspecified atom stereocenters. The SMILES string of the molecule is CCCCOC(=O)/C(C#N)=C1\C=C(NCCCOC)CCC1. The van der Waals surface area contributed by atoms with E-state index in [-0.39, 0.29) is 5.57 Å². The maximum Gasteiger partial charge on any atom is 0.349 e. The highest BCUT2D eigenvalue weighted by atomic mass is 16.5. The molecule has 0 fully saturated rings. The molecule has 1 aliphatic carbocycles. The van der Waals surface area contributed by atoms with Crippen LogP contribution in [0.25, 0.3) is 0 Å². The maximum absolute atomic E-state index is 12.0.